The Morgan fingerprint density at radius 3 is 2.60 bits per heavy atom. The first kappa shape index (κ1) is 13.2. The lowest BCUT2D eigenvalue weighted by Crippen LogP contribution is -2.52. The summed E-state index contributed by atoms with van der Waals surface area (Å²) in [6.45, 7) is 4.05. The van der Waals surface area contributed by atoms with Gasteiger partial charge in [-0.05, 0) is 20.4 Å². The van der Waals surface area contributed by atoms with E-state index in [9.17, 15) is 8.42 Å². The van der Waals surface area contributed by atoms with Crippen molar-refractivity contribution in [2.75, 3.05) is 38.3 Å². The van der Waals surface area contributed by atoms with Crippen LogP contribution in [0.2, 0.25) is 0 Å². The minimum absolute atomic E-state index is 0.174. The Hall–Kier alpha value is 0.160. The fraction of sp³-hybridized carbons (Fsp3) is 1.00. The normalized spacial score (nSPS) is 25.7. The lowest BCUT2D eigenvalue weighted by atomic mass is 10.2. The first-order valence-electron chi connectivity index (χ1n) is 5.21. The third-order valence-electron chi connectivity index (χ3n) is 2.85. The van der Waals surface area contributed by atoms with Crippen molar-refractivity contribution in [2.24, 2.45) is 0 Å². The van der Waals surface area contributed by atoms with Gasteiger partial charge in [0.1, 0.15) is 0 Å². The number of hydrogen-bond acceptors (Lipinski definition) is 3. The lowest BCUT2D eigenvalue weighted by molar-refractivity contribution is 0.159. The predicted molar refractivity (Wildman–Crippen MR) is 62.8 cm³/mol. The summed E-state index contributed by atoms with van der Waals surface area (Å²) in [7, 11) is -1.06. The number of sulfonamides is 1. The van der Waals surface area contributed by atoms with Crippen LogP contribution in [0.25, 0.3) is 0 Å². The van der Waals surface area contributed by atoms with E-state index < -0.39 is 10.0 Å². The molecule has 90 valence electrons. The molecule has 6 heteroatoms. The molecule has 0 saturated carbocycles. The van der Waals surface area contributed by atoms with Crippen LogP contribution in [-0.2, 0) is 10.0 Å². The maximum Gasteiger partial charge on any atom is 0.214 e. The Balaban J connectivity index is 2.57. The quantitative estimate of drug-likeness (QED) is 0.690. The van der Waals surface area contributed by atoms with Crippen LogP contribution in [0, 0.1) is 0 Å². The Morgan fingerprint density at radius 1 is 1.40 bits per heavy atom. The van der Waals surface area contributed by atoms with E-state index in [1.54, 1.807) is 4.31 Å². The van der Waals surface area contributed by atoms with E-state index >= 15 is 0 Å². The van der Waals surface area contributed by atoms with E-state index in [4.69, 9.17) is 11.6 Å². The summed E-state index contributed by atoms with van der Waals surface area (Å²) in [4.78, 5) is 2.17. The van der Waals surface area contributed by atoms with Gasteiger partial charge in [-0.25, -0.2) is 8.42 Å². The summed E-state index contributed by atoms with van der Waals surface area (Å²) in [5, 5.41) is 0. The maximum atomic E-state index is 11.8. The van der Waals surface area contributed by atoms with Gasteiger partial charge in [0.25, 0.3) is 0 Å². The summed E-state index contributed by atoms with van der Waals surface area (Å²) in [6.07, 6.45) is 0.532. The van der Waals surface area contributed by atoms with Gasteiger partial charge >= 0.3 is 0 Å². The second kappa shape index (κ2) is 5.48. The molecule has 0 aromatic heterocycles. The van der Waals surface area contributed by atoms with E-state index in [1.165, 1.54) is 0 Å². The molecular formula is C9H19ClN2O2S. The minimum atomic E-state index is -3.08. The molecule has 15 heavy (non-hydrogen) atoms. The number of rotatable bonds is 4. The standard InChI is InChI=1S/C9H19ClN2O2S/c1-9-8-12(6-5-11(9)2)15(13,14)7-3-4-10/h9H,3-8H2,1-2H3. The molecule has 0 bridgehead atoms. The molecule has 1 unspecified atom stereocenters. The van der Waals surface area contributed by atoms with Crippen molar-refractivity contribution in [3.63, 3.8) is 0 Å². The smallest absolute Gasteiger partial charge is 0.214 e. The third-order valence-corrected chi connectivity index (χ3v) is 5.04. The van der Waals surface area contributed by atoms with Gasteiger partial charge < -0.3 is 4.90 Å². The predicted octanol–water partition coefficient (Wildman–Crippen LogP) is 0.581. The average molecular weight is 255 g/mol. The van der Waals surface area contributed by atoms with Gasteiger partial charge in [0.05, 0.1) is 5.75 Å². The molecule has 1 atom stereocenters. The van der Waals surface area contributed by atoms with Gasteiger partial charge in [-0.3, -0.25) is 0 Å². The van der Waals surface area contributed by atoms with Crippen LogP contribution in [0.1, 0.15) is 13.3 Å². The second-order valence-corrected chi connectivity index (χ2v) is 6.51. The molecule has 0 N–H and O–H groups in total. The molecule has 1 fully saturated rings. The highest BCUT2D eigenvalue weighted by molar-refractivity contribution is 7.89. The van der Waals surface area contributed by atoms with Crippen molar-refractivity contribution in [1.29, 1.82) is 0 Å². The van der Waals surface area contributed by atoms with Crippen LogP contribution in [0.3, 0.4) is 0 Å². The summed E-state index contributed by atoms with van der Waals surface area (Å²) in [5.74, 6) is 0.579. The van der Waals surface area contributed by atoms with Crippen LogP contribution in [0.5, 0.6) is 0 Å². The molecule has 1 saturated heterocycles. The second-order valence-electron chi connectivity index (χ2n) is 4.05. The zero-order valence-corrected chi connectivity index (χ0v) is 10.9. The number of likely N-dealkylation sites (N-methyl/N-ethyl adjacent to an activating group) is 1. The lowest BCUT2D eigenvalue weighted by Gasteiger charge is -2.36. The molecule has 0 spiro atoms. The molecule has 1 aliphatic heterocycles. The van der Waals surface area contributed by atoms with Crippen molar-refractivity contribution in [3.05, 3.63) is 0 Å². The number of alkyl halides is 1. The number of piperazine rings is 1. The minimum Gasteiger partial charge on any atom is -0.301 e. The molecule has 1 rings (SSSR count). The van der Waals surface area contributed by atoms with Crippen LogP contribution in [-0.4, -0.2) is 62.0 Å². The highest BCUT2D eigenvalue weighted by Crippen LogP contribution is 2.12. The monoisotopic (exact) mass is 254 g/mol. The number of nitrogens with zero attached hydrogens (tertiary/aromatic N) is 2. The largest absolute Gasteiger partial charge is 0.301 e. The summed E-state index contributed by atoms with van der Waals surface area (Å²) < 4.78 is 25.3. The van der Waals surface area contributed by atoms with E-state index in [-0.39, 0.29) is 5.75 Å². The van der Waals surface area contributed by atoms with Crippen molar-refractivity contribution >= 4 is 21.6 Å². The molecule has 0 radical (unpaired) electrons. The molecule has 0 aliphatic carbocycles. The molecular weight excluding hydrogens is 236 g/mol. The van der Waals surface area contributed by atoms with Gasteiger partial charge in [-0.2, -0.15) is 4.31 Å². The Bertz CT molecular complexity index is 294. The van der Waals surface area contributed by atoms with Crippen LogP contribution < -0.4 is 0 Å². The Labute approximate surface area is 97.2 Å². The van der Waals surface area contributed by atoms with Gasteiger partial charge in [-0.1, -0.05) is 0 Å². The Kier molecular flexibility index (Phi) is 4.83. The summed E-state index contributed by atoms with van der Waals surface area (Å²) >= 11 is 5.51. The first-order valence-corrected chi connectivity index (χ1v) is 7.36. The molecule has 0 amide bonds. The molecule has 1 heterocycles. The van der Waals surface area contributed by atoms with Crippen LogP contribution in [0.15, 0.2) is 0 Å². The fourth-order valence-corrected chi connectivity index (χ4v) is 3.50. The zero-order chi connectivity index (χ0) is 11.5. The van der Waals surface area contributed by atoms with Crippen molar-refractivity contribution in [2.45, 2.75) is 19.4 Å². The van der Waals surface area contributed by atoms with Crippen LogP contribution >= 0.6 is 11.6 Å². The van der Waals surface area contributed by atoms with Gasteiger partial charge in [-0.15, -0.1) is 11.6 Å². The summed E-state index contributed by atoms with van der Waals surface area (Å²) in [6, 6.07) is 0.296. The number of halogens is 1. The molecule has 4 nitrogen and oxygen atoms in total. The summed E-state index contributed by atoms with van der Waals surface area (Å²) in [5.41, 5.74) is 0. The molecule has 0 aromatic rings. The number of hydrogen-bond donors (Lipinski definition) is 0. The fourth-order valence-electron chi connectivity index (χ4n) is 1.63. The van der Waals surface area contributed by atoms with Gasteiger partial charge in [0.2, 0.25) is 10.0 Å². The van der Waals surface area contributed by atoms with Crippen molar-refractivity contribution < 1.29 is 8.42 Å². The maximum absolute atomic E-state index is 11.8. The highest BCUT2D eigenvalue weighted by Gasteiger charge is 2.28. The highest BCUT2D eigenvalue weighted by atomic mass is 35.5. The van der Waals surface area contributed by atoms with E-state index in [2.05, 4.69) is 4.90 Å². The zero-order valence-electron chi connectivity index (χ0n) is 9.32. The van der Waals surface area contributed by atoms with E-state index in [1.807, 2.05) is 14.0 Å². The topological polar surface area (TPSA) is 40.6 Å². The van der Waals surface area contributed by atoms with Crippen molar-refractivity contribution in [1.82, 2.24) is 9.21 Å². The third kappa shape index (κ3) is 3.59. The first-order chi connectivity index (χ1) is 6.97. The van der Waals surface area contributed by atoms with E-state index in [0.29, 0.717) is 31.4 Å². The van der Waals surface area contributed by atoms with Gasteiger partial charge in [0.15, 0.2) is 0 Å². The molecule has 0 aromatic carbocycles. The SMILES string of the molecule is CC1CN(S(=O)(=O)CCCCl)CCN1C. The molecule has 1 aliphatic rings. The van der Waals surface area contributed by atoms with Crippen LogP contribution in [0.4, 0.5) is 0 Å². The van der Waals surface area contributed by atoms with Gasteiger partial charge in [0, 0.05) is 31.6 Å². The van der Waals surface area contributed by atoms with Crippen molar-refractivity contribution in [3.8, 4) is 0 Å². The average Bonchev–Trinajstić information content (AvgIpc) is 2.19. The van der Waals surface area contributed by atoms with E-state index in [0.717, 1.165) is 6.54 Å². The Morgan fingerprint density at radius 2 is 2.07 bits per heavy atom.